The number of hydrogen-bond donors (Lipinski definition) is 2. The van der Waals surface area contributed by atoms with E-state index in [-0.39, 0.29) is 29.8 Å². The standard InChI is InChI=1S/C22H29FIN5O4S/c1-12-14-10-25-21(26-16-7-9-28(11-15(16)23)34(32,33)13-5-6-13)27-19(14)29(20(30)18(12)24)17-4-3-8-22(17,2)31/h10,13,15-17,31H,3-9,11H2,1-2H3,(H,25,26,27)/t15-,16-,17-,22-/m1/s1. The third-order valence-corrected chi connectivity index (χ3v) is 11.1. The number of hydrogen-bond acceptors (Lipinski definition) is 7. The molecule has 0 aromatic carbocycles. The van der Waals surface area contributed by atoms with Crippen molar-refractivity contribution in [1.82, 2.24) is 18.8 Å². The first-order valence-corrected chi connectivity index (χ1v) is 14.3. The molecular formula is C22H29FIN5O4S. The summed E-state index contributed by atoms with van der Waals surface area (Å²) in [6.45, 7) is 3.65. The number of aliphatic hydroxyl groups is 1. The number of pyridine rings is 1. The quantitative estimate of drug-likeness (QED) is 0.504. The smallest absolute Gasteiger partial charge is 0.266 e. The fourth-order valence-corrected chi connectivity index (χ4v) is 7.63. The van der Waals surface area contributed by atoms with Gasteiger partial charge in [0.25, 0.3) is 5.56 Å². The molecular weight excluding hydrogens is 576 g/mol. The maximum absolute atomic E-state index is 15.0. The van der Waals surface area contributed by atoms with Crippen LogP contribution >= 0.6 is 22.6 Å². The summed E-state index contributed by atoms with van der Waals surface area (Å²) in [5.74, 6) is 0.185. The van der Waals surface area contributed by atoms with Crippen LogP contribution in [0.3, 0.4) is 0 Å². The van der Waals surface area contributed by atoms with Crippen LogP contribution in [0.15, 0.2) is 11.0 Å². The van der Waals surface area contributed by atoms with Crippen LogP contribution < -0.4 is 10.9 Å². The molecule has 1 aliphatic heterocycles. The van der Waals surface area contributed by atoms with Crippen LogP contribution in [0.4, 0.5) is 10.3 Å². The molecule has 2 aromatic rings. The van der Waals surface area contributed by atoms with Gasteiger partial charge >= 0.3 is 0 Å². The van der Waals surface area contributed by atoms with Gasteiger partial charge in [0.2, 0.25) is 16.0 Å². The molecule has 0 unspecified atom stereocenters. The van der Waals surface area contributed by atoms with Crippen LogP contribution in [-0.2, 0) is 10.0 Å². The number of aromatic nitrogens is 3. The van der Waals surface area contributed by atoms with E-state index in [0.717, 1.165) is 12.0 Å². The number of sulfonamides is 1. The van der Waals surface area contributed by atoms with E-state index in [4.69, 9.17) is 0 Å². The molecule has 0 amide bonds. The largest absolute Gasteiger partial charge is 0.388 e. The highest BCUT2D eigenvalue weighted by atomic mass is 127. The van der Waals surface area contributed by atoms with Crippen molar-refractivity contribution in [3.63, 3.8) is 0 Å². The fraction of sp³-hybridized carbons (Fsp3) is 0.682. The van der Waals surface area contributed by atoms with Gasteiger partial charge in [-0.2, -0.15) is 9.29 Å². The highest BCUT2D eigenvalue weighted by molar-refractivity contribution is 14.1. The molecule has 2 saturated carbocycles. The van der Waals surface area contributed by atoms with Gasteiger partial charge in [-0.1, -0.05) is 0 Å². The summed E-state index contributed by atoms with van der Waals surface area (Å²) in [4.78, 5) is 22.2. The second kappa shape index (κ2) is 8.63. The minimum absolute atomic E-state index is 0.183. The second-order valence-electron chi connectivity index (χ2n) is 9.97. The number of alkyl halides is 1. The SMILES string of the molecule is Cc1c(I)c(=O)n([C@@H]2CCC[C@@]2(C)O)c2nc(N[C@@H]3CCN(S(=O)(=O)C4CC4)C[C@H]3F)ncc12. The van der Waals surface area contributed by atoms with Crippen molar-refractivity contribution < 1.29 is 17.9 Å². The summed E-state index contributed by atoms with van der Waals surface area (Å²) in [5, 5.41) is 14.3. The first kappa shape index (κ1) is 24.3. The van der Waals surface area contributed by atoms with Crippen molar-refractivity contribution in [2.24, 2.45) is 0 Å². The third-order valence-electron chi connectivity index (χ3n) is 7.45. The Morgan fingerprint density at radius 3 is 2.65 bits per heavy atom. The Morgan fingerprint density at radius 2 is 2.03 bits per heavy atom. The van der Waals surface area contributed by atoms with Crippen LogP contribution in [0, 0.1) is 10.5 Å². The molecule has 1 saturated heterocycles. The Kier molecular flexibility index (Phi) is 6.17. The van der Waals surface area contributed by atoms with E-state index in [0.29, 0.717) is 46.7 Å². The molecule has 12 heteroatoms. The normalized spacial score (nSPS) is 30.7. The molecule has 186 valence electrons. The first-order chi connectivity index (χ1) is 16.0. The topological polar surface area (TPSA) is 117 Å². The van der Waals surface area contributed by atoms with Crippen LogP contribution in [0.2, 0.25) is 0 Å². The fourth-order valence-electron chi connectivity index (χ4n) is 5.21. The summed E-state index contributed by atoms with van der Waals surface area (Å²) < 4.78 is 43.3. The predicted molar refractivity (Wildman–Crippen MR) is 135 cm³/mol. The van der Waals surface area contributed by atoms with Crippen LogP contribution in [0.1, 0.15) is 57.1 Å². The van der Waals surface area contributed by atoms with Crippen molar-refractivity contribution >= 4 is 49.6 Å². The maximum atomic E-state index is 15.0. The van der Waals surface area contributed by atoms with Gasteiger partial charge in [-0.05, 0) is 80.5 Å². The molecule has 0 bridgehead atoms. The highest BCUT2D eigenvalue weighted by Crippen LogP contribution is 2.40. The molecule has 34 heavy (non-hydrogen) atoms. The number of aryl methyl sites for hydroxylation is 1. The summed E-state index contributed by atoms with van der Waals surface area (Å²) in [6, 6.07) is -1.05. The zero-order valence-electron chi connectivity index (χ0n) is 19.2. The van der Waals surface area contributed by atoms with E-state index < -0.39 is 33.9 Å². The lowest BCUT2D eigenvalue weighted by Gasteiger charge is -2.34. The molecule has 0 radical (unpaired) electrons. The van der Waals surface area contributed by atoms with E-state index in [1.54, 1.807) is 17.7 Å². The lowest BCUT2D eigenvalue weighted by atomic mass is 9.99. The lowest BCUT2D eigenvalue weighted by molar-refractivity contribution is 0.0266. The number of nitrogens with zero attached hydrogens (tertiary/aromatic N) is 4. The molecule has 2 N–H and O–H groups in total. The zero-order chi connectivity index (χ0) is 24.4. The monoisotopic (exact) mass is 605 g/mol. The first-order valence-electron chi connectivity index (χ1n) is 11.7. The Hall–Kier alpha value is -1.38. The molecule has 9 nitrogen and oxygen atoms in total. The van der Waals surface area contributed by atoms with E-state index in [1.807, 2.05) is 29.5 Å². The summed E-state index contributed by atoms with van der Waals surface area (Å²) in [6.07, 6.45) is 3.88. The third kappa shape index (κ3) is 4.13. The second-order valence-corrected chi connectivity index (χ2v) is 13.3. The van der Waals surface area contributed by atoms with Gasteiger partial charge in [-0.3, -0.25) is 9.36 Å². The Balaban J connectivity index is 1.46. The van der Waals surface area contributed by atoms with Crippen molar-refractivity contribution in [1.29, 1.82) is 0 Å². The zero-order valence-corrected chi connectivity index (χ0v) is 22.1. The van der Waals surface area contributed by atoms with Gasteiger partial charge in [0.15, 0.2) is 0 Å². The average molecular weight is 605 g/mol. The minimum Gasteiger partial charge on any atom is -0.388 e. The lowest BCUT2D eigenvalue weighted by Crippen LogP contribution is -2.50. The summed E-state index contributed by atoms with van der Waals surface area (Å²) in [7, 11) is -3.41. The van der Waals surface area contributed by atoms with Crippen LogP contribution in [-0.4, -0.2) is 68.5 Å². The average Bonchev–Trinajstić information content (AvgIpc) is 3.59. The van der Waals surface area contributed by atoms with E-state index in [2.05, 4.69) is 15.3 Å². The number of fused-ring (bicyclic) bond motifs is 1. The number of halogens is 2. The maximum Gasteiger partial charge on any atom is 0.266 e. The molecule has 2 aliphatic carbocycles. The number of anilines is 1. The van der Waals surface area contributed by atoms with Crippen molar-refractivity contribution in [3.05, 3.63) is 25.7 Å². The van der Waals surface area contributed by atoms with E-state index in [9.17, 15) is 18.3 Å². The van der Waals surface area contributed by atoms with E-state index >= 15 is 4.39 Å². The summed E-state index contributed by atoms with van der Waals surface area (Å²) >= 11 is 2.02. The van der Waals surface area contributed by atoms with Gasteiger partial charge in [-0.25, -0.2) is 17.8 Å². The van der Waals surface area contributed by atoms with Gasteiger partial charge in [-0.15, -0.1) is 0 Å². The molecule has 2 aromatic heterocycles. The molecule has 3 heterocycles. The van der Waals surface area contributed by atoms with Gasteiger partial charge < -0.3 is 10.4 Å². The van der Waals surface area contributed by atoms with Crippen molar-refractivity contribution in [2.45, 2.75) is 81.5 Å². The molecule has 4 atom stereocenters. The Labute approximate surface area is 211 Å². The van der Waals surface area contributed by atoms with Crippen LogP contribution in [0.25, 0.3) is 11.0 Å². The number of nitrogens with one attached hydrogen (secondary N) is 1. The van der Waals surface area contributed by atoms with Crippen molar-refractivity contribution in [2.75, 3.05) is 18.4 Å². The predicted octanol–water partition coefficient (Wildman–Crippen LogP) is 2.50. The van der Waals surface area contributed by atoms with Gasteiger partial charge in [0, 0.05) is 24.7 Å². The van der Waals surface area contributed by atoms with E-state index in [1.165, 1.54) is 4.31 Å². The minimum atomic E-state index is -3.41. The van der Waals surface area contributed by atoms with Gasteiger partial charge in [0.1, 0.15) is 11.8 Å². The number of rotatable bonds is 5. The molecule has 5 rings (SSSR count). The number of piperidine rings is 1. The van der Waals surface area contributed by atoms with Crippen molar-refractivity contribution in [3.8, 4) is 0 Å². The molecule has 0 spiro atoms. The Morgan fingerprint density at radius 1 is 1.29 bits per heavy atom. The Bertz CT molecular complexity index is 1300. The van der Waals surface area contributed by atoms with Gasteiger partial charge in [0.05, 0.1) is 26.5 Å². The molecule has 3 aliphatic rings. The highest BCUT2D eigenvalue weighted by Gasteiger charge is 2.44. The molecule has 3 fully saturated rings. The summed E-state index contributed by atoms with van der Waals surface area (Å²) in [5.41, 5.74) is -0.0542. The van der Waals surface area contributed by atoms with Crippen LogP contribution in [0.5, 0.6) is 0 Å².